The number of nitrogens with zero attached hydrogens (tertiary/aromatic N) is 2. The second-order valence-electron chi connectivity index (χ2n) is 10.0. The summed E-state index contributed by atoms with van der Waals surface area (Å²) in [5.41, 5.74) is 0.488. The predicted octanol–water partition coefficient (Wildman–Crippen LogP) is 5.79. The van der Waals surface area contributed by atoms with Gasteiger partial charge < -0.3 is 20.1 Å². The molecule has 0 spiro atoms. The highest BCUT2D eigenvalue weighted by Gasteiger charge is 2.29. The number of ether oxygens (including phenoxy) is 2. The van der Waals surface area contributed by atoms with Crippen LogP contribution in [0.15, 0.2) is 42.5 Å². The summed E-state index contributed by atoms with van der Waals surface area (Å²) in [6.45, 7) is 5.51. The van der Waals surface area contributed by atoms with E-state index >= 15 is 0 Å². The van der Waals surface area contributed by atoms with Crippen molar-refractivity contribution in [1.29, 1.82) is 0 Å². The topological polar surface area (TPSA) is 114 Å². The molecule has 1 aliphatic carbocycles. The monoisotopic (exact) mass is 525 g/mol. The van der Waals surface area contributed by atoms with E-state index in [9.17, 15) is 9.59 Å². The highest BCUT2D eigenvalue weighted by molar-refractivity contribution is 6.30. The molecule has 1 heterocycles. The van der Waals surface area contributed by atoms with Gasteiger partial charge in [0.1, 0.15) is 17.2 Å². The minimum atomic E-state index is -0.585. The average molecular weight is 526 g/mol. The van der Waals surface area contributed by atoms with Crippen molar-refractivity contribution in [2.24, 2.45) is 0 Å². The van der Waals surface area contributed by atoms with Crippen LogP contribution in [0.3, 0.4) is 0 Å². The zero-order valence-corrected chi connectivity index (χ0v) is 22.2. The fourth-order valence-electron chi connectivity index (χ4n) is 4.29. The number of fused-ring (bicyclic) bond motifs is 1. The van der Waals surface area contributed by atoms with Crippen LogP contribution in [0.25, 0.3) is 10.9 Å². The SMILES string of the molecule is COc1ccc2nc(NC(=O)c3ccc(Cl)cc3)nc(N[C@H]3CCCC[C@H]3NC(=O)OC(C)(C)C)c2c1. The van der Waals surface area contributed by atoms with E-state index in [-0.39, 0.29) is 23.9 Å². The zero-order chi connectivity index (χ0) is 26.6. The molecule has 196 valence electrons. The minimum absolute atomic E-state index is 0.0922. The predicted molar refractivity (Wildman–Crippen MR) is 145 cm³/mol. The Kier molecular flexibility index (Phi) is 8.02. The summed E-state index contributed by atoms with van der Waals surface area (Å²) >= 11 is 5.95. The standard InChI is InChI=1S/C27H32ClN5O4/c1-27(2,3)37-26(35)31-22-8-6-5-7-21(22)29-23-19-15-18(36-4)13-14-20(19)30-25(32-23)33-24(34)16-9-11-17(28)12-10-16/h9-15,21-22H,5-8H2,1-4H3,(H,31,35)(H2,29,30,32,33,34)/t21-,22+/m0/s1. The number of rotatable bonds is 6. The van der Waals surface area contributed by atoms with Gasteiger partial charge in [0.2, 0.25) is 5.95 Å². The lowest BCUT2D eigenvalue weighted by Gasteiger charge is -2.34. The normalized spacial score (nSPS) is 17.6. The maximum atomic E-state index is 12.8. The summed E-state index contributed by atoms with van der Waals surface area (Å²) in [6, 6.07) is 11.8. The van der Waals surface area contributed by atoms with Crippen LogP contribution in [0, 0.1) is 0 Å². The second kappa shape index (κ2) is 11.2. The average Bonchev–Trinajstić information content (AvgIpc) is 2.84. The van der Waals surface area contributed by atoms with E-state index < -0.39 is 11.7 Å². The van der Waals surface area contributed by atoms with Gasteiger partial charge in [-0.15, -0.1) is 0 Å². The Morgan fingerprint density at radius 3 is 2.38 bits per heavy atom. The molecule has 0 saturated heterocycles. The number of anilines is 2. The Morgan fingerprint density at radius 1 is 1.00 bits per heavy atom. The minimum Gasteiger partial charge on any atom is -0.497 e. The van der Waals surface area contributed by atoms with Gasteiger partial charge in [0.25, 0.3) is 5.91 Å². The summed E-state index contributed by atoms with van der Waals surface area (Å²) in [4.78, 5) is 34.5. The lowest BCUT2D eigenvalue weighted by molar-refractivity contribution is 0.0488. The maximum Gasteiger partial charge on any atom is 0.407 e. The first-order valence-corrected chi connectivity index (χ1v) is 12.7. The van der Waals surface area contributed by atoms with Gasteiger partial charge in [-0.3, -0.25) is 10.1 Å². The van der Waals surface area contributed by atoms with Crippen LogP contribution >= 0.6 is 11.6 Å². The van der Waals surface area contributed by atoms with E-state index in [1.54, 1.807) is 37.4 Å². The van der Waals surface area contributed by atoms with Crippen molar-refractivity contribution >= 4 is 46.3 Å². The van der Waals surface area contributed by atoms with Crippen LogP contribution in [0.5, 0.6) is 5.75 Å². The smallest absolute Gasteiger partial charge is 0.407 e. The highest BCUT2D eigenvalue weighted by Crippen LogP contribution is 2.30. The molecule has 1 aromatic heterocycles. The molecule has 1 saturated carbocycles. The van der Waals surface area contributed by atoms with Crippen LogP contribution in [0.1, 0.15) is 56.8 Å². The van der Waals surface area contributed by atoms with Crippen LogP contribution < -0.4 is 20.7 Å². The number of nitrogens with one attached hydrogen (secondary N) is 3. The Labute approximate surface area is 221 Å². The van der Waals surface area contributed by atoms with E-state index in [4.69, 9.17) is 21.1 Å². The Balaban J connectivity index is 1.62. The molecule has 1 fully saturated rings. The van der Waals surface area contributed by atoms with E-state index in [1.807, 2.05) is 32.9 Å². The van der Waals surface area contributed by atoms with Gasteiger partial charge in [0, 0.05) is 22.0 Å². The van der Waals surface area contributed by atoms with Crippen LogP contribution in [0.2, 0.25) is 5.02 Å². The number of halogens is 1. The number of aromatic nitrogens is 2. The number of hydrogen-bond donors (Lipinski definition) is 3. The molecule has 0 radical (unpaired) electrons. The molecule has 0 bridgehead atoms. The first-order chi connectivity index (χ1) is 17.6. The lowest BCUT2D eigenvalue weighted by atomic mass is 9.90. The summed E-state index contributed by atoms with van der Waals surface area (Å²) in [7, 11) is 1.59. The summed E-state index contributed by atoms with van der Waals surface area (Å²) in [5.74, 6) is 1.01. The van der Waals surface area contributed by atoms with Crippen LogP contribution in [-0.4, -0.2) is 46.8 Å². The zero-order valence-electron chi connectivity index (χ0n) is 21.4. The van der Waals surface area contributed by atoms with Crippen molar-refractivity contribution in [3.05, 3.63) is 53.1 Å². The molecular formula is C27H32ClN5O4. The van der Waals surface area contributed by atoms with Gasteiger partial charge in [0.15, 0.2) is 0 Å². The van der Waals surface area contributed by atoms with Crippen molar-refractivity contribution < 1.29 is 19.1 Å². The van der Waals surface area contributed by atoms with Gasteiger partial charge in [-0.25, -0.2) is 9.78 Å². The van der Waals surface area contributed by atoms with Gasteiger partial charge in [-0.2, -0.15) is 4.98 Å². The first kappa shape index (κ1) is 26.5. The Hall–Kier alpha value is -3.59. The third kappa shape index (κ3) is 7.01. The number of methoxy groups -OCH3 is 1. The fourth-order valence-corrected chi connectivity index (χ4v) is 4.41. The van der Waals surface area contributed by atoms with Crippen molar-refractivity contribution in [2.75, 3.05) is 17.7 Å². The summed E-state index contributed by atoms with van der Waals surface area (Å²) < 4.78 is 10.9. The molecule has 9 nitrogen and oxygen atoms in total. The van der Waals surface area contributed by atoms with Crippen molar-refractivity contribution in [1.82, 2.24) is 15.3 Å². The summed E-state index contributed by atoms with van der Waals surface area (Å²) in [6.07, 6.45) is 3.21. The molecule has 0 aliphatic heterocycles. The molecule has 0 unspecified atom stereocenters. The maximum absolute atomic E-state index is 12.8. The van der Waals surface area contributed by atoms with Crippen LogP contribution in [0.4, 0.5) is 16.6 Å². The number of benzene rings is 2. The van der Waals surface area contributed by atoms with Gasteiger partial charge >= 0.3 is 6.09 Å². The number of hydrogen-bond acceptors (Lipinski definition) is 7. The molecule has 37 heavy (non-hydrogen) atoms. The van der Waals surface area contributed by atoms with Crippen molar-refractivity contribution in [3.63, 3.8) is 0 Å². The van der Waals surface area contributed by atoms with E-state index in [0.717, 1.165) is 31.1 Å². The van der Waals surface area contributed by atoms with E-state index in [0.29, 0.717) is 27.7 Å². The van der Waals surface area contributed by atoms with E-state index in [2.05, 4.69) is 25.9 Å². The largest absolute Gasteiger partial charge is 0.497 e. The van der Waals surface area contributed by atoms with Gasteiger partial charge in [0.05, 0.1) is 18.7 Å². The molecule has 4 rings (SSSR count). The molecular weight excluding hydrogens is 494 g/mol. The molecule has 3 N–H and O–H groups in total. The Morgan fingerprint density at radius 2 is 1.70 bits per heavy atom. The molecule has 2 aromatic carbocycles. The number of carbonyl (C=O) groups is 2. The summed E-state index contributed by atoms with van der Waals surface area (Å²) in [5, 5.41) is 10.6. The number of amides is 2. The van der Waals surface area contributed by atoms with Crippen molar-refractivity contribution in [3.8, 4) is 5.75 Å². The molecule has 3 aromatic rings. The molecule has 2 amide bonds. The second-order valence-corrected chi connectivity index (χ2v) is 10.5. The van der Waals surface area contributed by atoms with Gasteiger partial charge in [-0.05, 0) is 76.1 Å². The first-order valence-electron chi connectivity index (χ1n) is 12.3. The lowest BCUT2D eigenvalue weighted by Crippen LogP contribution is -2.49. The van der Waals surface area contributed by atoms with Gasteiger partial charge in [-0.1, -0.05) is 24.4 Å². The number of carbonyl (C=O) groups excluding carboxylic acids is 2. The molecule has 2 atom stereocenters. The third-order valence-corrected chi connectivity index (χ3v) is 6.28. The molecule has 1 aliphatic rings. The Bertz CT molecular complexity index is 1280. The molecule has 10 heteroatoms. The fraction of sp³-hybridized carbons (Fsp3) is 0.407. The highest BCUT2D eigenvalue weighted by atomic mass is 35.5. The van der Waals surface area contributed by atoms with E-state index in [1.165, 1.54) is 0 Å². The van der Waals surface area contributed by atoms with Crippen LogP contribution in [-0.2, 0) is 4.74 Å². The third-order valence-electron chi connectivity index (χ3n) is 6.02. The quantitative estimate of drug-likeness (QED) is 0.373. The van der Waals surface area contributed by atoms with Crippen molar-refractivity contribution in [2.45, 2.75) is 64.1 Å². The number of alkyl carbamates (subject to hydrolysis) is 1.